The zero-order valence-electron chi connectivity index (χ0n) is 6.98. The molecular weight excluding hydrogens is 143 g/mol. The van der Waals surface area contributed by atoms with Crippen LogP contribution in [0.15, 0.2) is 23.2 Å². The number of halogens is 1. The van der Waals surface area contributed by atoms with Gasteiger partial charge < -0.3 is 4.74 Å². The van der Waals surface area contributed by atoms with Crippen molar-refractivity contribution in [3.8, 4) is 0 Å². The smallest absolute Gasteiger partial charge is 0.163 e. The van der Waals surface area contributed by atoms with E-state index in [9.17, 15) is 4.39 Å². The van der Waals surface area contributed by atoms with Crippen molar-refractivity contribution in [1.29, 1.82) is 0 Å². The van der Waals surface area contributed by atoms with Crippen molar-refractivity contribution < 1.29 is 9.13 Å². The van der Waals surface area contributed by atoms with Gasteiger partial charge in [0.15, 0.2) is 11.6 Å². The van der Waals surface area contributed by atoms with Crippen LogP contribution in [0.5, 0.6) is 0 Å². The predicted molar refractivity (Wildman–Crippen MR) is 42.8 cm³/mol. The predicted octanol–water partition coefficient (Wildman–Crippen LogP) is 2.94. The van der Waals surface area contributed by atoms with Crippen LogP contribution < -0.4 is 0 Å². The Labute approximate surface area is 66.6 Å². The van der Waals surface area contributed by atoms with Crippen LogP contribution in [-0.2, 0) is 4.74 Å². The maximum Gasteiger partial charge on any atom is 0.163 e. The summed E-state index contributed by atoms with van der Waals surface area (Å²) in [6.45, 7) is 4.20. The molecule has 2 heteroatoms. The summed E-state index contributed by atoms with van der Waals surface area (Å²) < 4.78 is 18.2. The number of ether oxygens (including phenoxy) is 1. The number of hydrogen-bond acceptors (Lipinski definition) is 1. The van der Waals surface area contributed by atoms with Gasteiger partial charge in [0.05, 0.1) is 6.61 Å². The maximum absolute atomic E-state index is 13.1. The first kappa shape index (κ1) is 8.31. The van der Waals surface area contributed by atoms with Crippen molar-refractivity contribution in [2.45, 2.75) is 26.7 Å². The molecule has 0 fully saturated rings. The Morgan fingerprint density at radius 3 is 3.00 bits per heavy atom. The molecule has 0 aliphatic heterocycles. The largest absolute Gasteiger partial charge is 0.491 e. The van der Waals surface area contributed by atoms with E-state index in [1.807, 2.05) is 13.0 Å². The molecule has 0 aromatic carbocycles. The van der Waals surface area contributed by atoms with Crippen LogP contribution in [0.4, 0.5) is 4.39 Å². The third kappa shape index (κ3) is 1.82. The van der Waals surface area contributed by atoms with E-state index >= 15 is 0 Å². The molecule has 0 atom stereocenters. The molecule has 0 saturated heterocycles. The molecule has 0 saturated carbocycles. The maximum atomic E-state index is 13.1. The first-order valence-electron chi connectivity index (χ1n) is 3.94. The van der Waals surface area contributed by atoms with Crippen molar-refractivity contribution in [3.05, 3.63) is 23.2 Å². The Kier molecular flexibility index (Phi) is 2.69. The molecule has 0 amide bonds. The molecule has 1 aliphatic carbocycles. The van der Waals surface area contributed by atoms with E-state index in [1.165, 1.54) is 0 Å². The van der Waals surface area contributed by atoms with E-state index in [4.69, 9.17) is 4.74 Å². The molecule has 0 radical (unpaired) electrons. The van der Waals surface area contributed by atoms with Crippen LogP contribution >= 0.6 is 0 Å². The molecule has 0 aromatic rings. The van der Waals surface area contributed by atoms with Gasteiger partial charge >= 0.3 is 0 Å². The van der Waals surface area contributed by atoms with Crippen LogP contribution in [0.25, 0.3) is 0 Å². The normalized spacial score (nSPS) is 18.3. The molecule has 1 rings (SSSR count). The summed E-state index contributed by atoms with van der Waals surface area (Å²) >= 11 is 0. The molecule has 11 heavy (non-hydrogen) atoms. The summed E-state index contributed by atoms with van der Waals surface area (Å²) in [7, 11) is 0. The highest BCUT2D eigenvalue weighted by Crippen LogP contribution is 2.26. The lowest BCUT2D eigenvalue weighted by Gasteiger charge is -2.13. The van der Waals surface area contributed by atoms with Crippen LogP contribution in [0.2, 0.25) is 0 Å². The second-order valence-corrected chi connectivity index (χ2v) is 2.63. The summed E-state index contributed by atoms with van der Waals surface area (Å²) in [6, 6.07) is 0. The number of hydrogen-bond donors (Lipinski definition) is 0. The zero-order chi connectivity index (χ0) is 8.27. The fraction of sp³-hybridized carbons (Fsp3) is 0.556. The molecule has 0 spiro atoms. The van der Waals surface area contributed by atoms with Crippen molar-refractivity contribution in [2.24, 2.45) is 0 Å². The van der Waals surface area contributed by atoms with Crippen LogP contribution in [0.1, 0.15) is 26.7 Å². The minimum Gasteiger partial charge on any atom is -0.491 e. The van der Waals surface area contributed by atoms with E-state index in [1.54, 1.807) is 6.92 Å². The average Bonchev–Trinajstić information content (AvgIpc) is 1.99. The molecule has 1 nitrogen and oxygen atoms in total. The standard InChI is InChI=1S/C9H13FO/c1-3-11-8-6-4-5-7(2)9(8)10/h6H,3-5H2,1-2H3. The van der Waals surface area contributed by atoms with E-state index < -0.39 is 0 Å². The third-order valence-corrected chi connectivity index (χ3v) is 1.74. The molecule has 0 aromatic heterocycles. The Balaban J connectivity index is 2.71. The molecule has 0 unspecified atom stereocenters. The van der Waals surface area contributed by atoms with E-state index in [0.29, 0.717) is 12.4 Å². The lowest BCUT2D eigenvalue weighted by atomic mass is 10.1. The highest BCUT2D eigenvalue weighted by atomic mass is 19.1. The zero-order valence-corrected chi connectivity index (χ0v) is 6.98. The highest BCUT2D eigenvalue weighted by molar-refractivity contribution is 5.28. The van der Waals surface area contributed by atoms with E-state index in [2.05, 4.69) is 0 Å². The van der Waals surface area contributed by atoms with Gasteiger partial charge in [-0.25, -0.2) is 4.39 Å². The van der Waals surface area contributed by atoms with Gasteiger partial charge in [0, 0.05) is 0 Å². The van der Waals surface area contributed by atoms with E-state index in [-0.39, 0.29) is 5.83 Å². The summed E-state index contributed by atoms with van der Waals surface area (Å²) in [5, 5.41) is 0. The third-order valence-electron chi connectivity index (χ3n) is 1.74. The van der Waals surface area contributed by atoms with Gasteiger partial charge in [-0.3, -0.25) is 0 Å². The SMILES string of the molecule is CCOC1=CCCC(C)=C1F. The Morgan fingerprint density at radius 2 is 2.36 bits per heavy atom. The fourth-order valence-electron chi connectivity index (χ4n) is 1.11. The van der Waals surface area contributed by atoms with Crippen LogP contribution in [-0.4, -0.2) is 6.61 Å². The second kappa shape index (κ2) is 3.56. The van der Waals surface area contributed by atoms with Gasteiger partial charge in [-0.2, -0.15) is 0 Å². The Bertz CT molecular complexity index is 204. The van der Waals surface area contributed by atoms with Gasteiger partial charge in [0.25, 0.3) is 0 Å². The van der Waals surface area contributed by atoms with Gasteiger partial charge in [0.1, 0.15) is 0 Å². The van der Waals surface area contributed by atoms with Crippen molar-refractivity contribution in [2.75, 3.05) is 6.61 Å². The number of rotatable bonds is 2. The molecule has 0 bridgehead atoms. The lowest BCUT2D eigenvalue weighted by Crippen LogP contribution is -1.99. The Hall–Kier alpha value is -0.790. The topological polar surface area (TPSA) is 9.23 Å². The minimum atomic E-state index is -0.168. The van der Waals surface area contributed by atoms with Gasteiger partial charge in [-0.15, -0.1) is 0 Å². The average molecular weight is 156 g/mol. The van der Waals surface area contributed by atoms with E-state index in [0.717, 1.165) is 18.4 Å². The summed E-state index contributed by atoms with van der Waals surface area (Å²) in [6.07, 6.45) is 3.53. The quantitative estimate of drug-likeness (QED) is 0.597. The Morgan fingerprint density at radius 1 is 1.64 bits per heavy atom. The van der Waals surface area contributed by atoms with Crippen LogP contribution in [0, 0.1) is 0 Å². The molecule has 1 aliphatic rings. The molecule has 62 valence electrons. The molecule has 0 N–H and O–H groups in total. The van der Waals surface area contributed by atoms with Gasteiger partial charge in [-0.1, -0.05) is 0 Å². The molecular formula is C9H13FO. The van der Waals surface area contributed by atoms with Crippen molar-refractivity contribution >= 4 is 0 Å². The minimum absolute atomic E-state index is 0.168. The highest BCUT2D eigenvalue weighted by Gasteiger charge is 2.12. The molecule has 0 heterocycles. The summed E-state index contributed by atoms with van der Waals surface area (Å²) in [5.74, 6) is 0.259. The monoisotopic (exact) mass is 156 g/mol. The van der Waals surface area contributed by atoms with Crippen molar-refractivity contribution in [3.63, 3.8) is 0 Å². The van der Waals surface area contributed by atoms with Crippen molar-refractivity contribution in [1.82, 2.24) is 0 Å². The fourth-order valence-corrected chi connectivity index (χ4v) is 1.11. The summed E-state index contributed by atoms with van der Waals surface area (Å²) in [4.78, 5) is 0. The summed E-state index contributed by atoms with van der Waals surface area (Å²) in [5.41, 5.74) is 0.802. The second-order valence-electron chi connectivity index (χ2n) is 2.63. The van der Waals surface area contributed by atoms with Gasteiger partial charge in [0.2, 0.25) is 0 Å². The first-order chi connectivity index (χ1) is 5.25. The van der Waals surface area contributed by atoms with Gasteiger partial charge in [-0.05, 0) is 38.3 Å². The lowest BCUT2D eigenvalue weighted by molar-refractivity contribution is 0.220. The first-order valence-corrected chi connectivity index (χ1v) is 3.94. The van der Waals surface area contributed by atoms with Crippen LogP contribution in [0.3, 0.4) is 0 Å². The number of allylic oxidation sites excluding steroid dienone is 3.